The molecule has 10 heteroatoms. The van der Waals surface area contributed by atoms with Gasteiger partial charge < -0.3 is 24.3 Å². The van der Waals surface area contributed by atoms with Gasteiger partial charge in [0.25, 0.3) is 5.91 Å². The number of carbonyl (C=O) groups excluding carboxylic acids is 1. The zero-order valence-electron chi connectivity index (χ0n) is 15.3. The number of ether oxygens (including phenoxy) is 4. The van der Waals surface area contributed by atoms with Gasteiger partial charge in [0.2, 0.25) is 12.7 Å². The topological polar surface area (TPSA) is 109 Å². The number of rotatable bonds is 8. The SMILES string of the molecule is CCc1nnc2ccc(OCCNC(=O)COc3ccc4c(c3)OCO4)nn12. The Morgan fingerprint density at radius 3 is 2.96 bits per heavy atom. The van der Waals surface area contributed by atoms with Crippen molar-refractivity contribution >= 4 is 11.6 Å². The number of benzene rings is 1. The van der Waals surface area contributed by atoms with Gasteiger partial charge in [-0.15, -0.1) is 15.3 Å². The van der Waals surface area contributed by atoms with Gasteiger partial charge in [-0.05, 0) is 18.2 Å². The van der Waals surface area contributed by atoms with Crippen LogP contribution in [0.4, 0.5) is 0 Å². The predicted molar refractivity (Wildman–Crippen MR) is 96.7 cm³/mol. The zero-order valence-corrected chi connectivity index (χ0v) is 15.3. The lowest BCUT2D eigenvalue weighted by molar-refractivity contribution is -0.123. The third kappa shape index (κ3) is 3.90. The number of hydrogen-bond donors (Lipinski definition) is 1. The van der Waals surface area contributed by atoms with Crippen LogP contribution >= 0.6 is 0 Å². The summed E-state index contributed by atoms with van der Waals surface area (Å²) in [7, 11) is 0. The van der Waals surface area contributed by atoms with Crippen LogP contribution in [-0.2, 0) is 11.2 Å². The Morgan fingerprint density at radius 1 is 1.18 bits per heavy atom. The average molecular weight is 385 g/mol. The lowest BCUT2D eigenvalue weighted by Crippen LogP contribution is -2.32. The molecule has 3 aromatic rings. The molecule has 1 N–H and O–H groups in total. The quantitative estimate of drug-likeness (QED) is 0.572. The fourth-order valence-corrected chi connectivity index (χ4v) is 2.63. The second kappa shape index (κ2) is 7.99. The van der Waals surface area contributed by atoms with Crippen molar-refractivity contribution in [1.82, 2.24) is 25.1 Å². The second-order valence-corrected chi connectivity index (χ2v) is 5.91. The van der Waals surface area contributed by atoms with E-state index >= 15 is 0 Å². The Bertz CT molecular complexity index is 990. The standard InChI is InChI=1S/C18H19N5O5/c1-2-15-20-21-16-5-6-18(22-23(15)16)25-8-7-19-17(24)10-26-12-3-4-13-14(9-12)28-11-27-13/h3-6,9H,2,7-8,10-11H2,1H3,(H,19,24). The number of hydrogen-bond acceptors (Lipinski definition) is 8. The van der Waals surface area contributed by atoms with Gasteiger partial charge in [-0.1, -0.05) is 6.92 Å². The monoisotopic (exact) mass is 385 g/mol. The molecule has 10 nitrogen and oxygen atoms in total. The predicted octanol–water partition coefficient (Wildman–Crippen LogP) is 0.989. The highest BCUT2D eigenvalue weighted by atomic mass is 16.7. The fraction of sp³-hybridized carbons (Fsp3) is 0.333. The first-order valence-corrected chi connectivity index (χ1v) is 8.86. The summed E-state index contributed by atoms with van der Waals surface area (Å²) in [4.78, 5) is 11.9. The summed E-state index contributed by atoms with van der Waals surface area (Å²) >= 11 is 0. The molecule has 1 aromatic carbocycles. The Labute approximate surface area is 160 Å². The molecule has 2 aromatic heterocycles. The summed E-state index contributed by atoms with van der Waals surface area (Å²) in [5.74, 6) is 2.75. The Balaban J connectivity index is 1.20. The maximum absolute atomic E-state index is 11.9. The maximum atomic E-state index is 11.9. The number of amides is 1. The molecule has 146 valence electrons. The Hall–Kier alpha value is -3.56. The van der Waals surface area contributed by atoms with Crippen LogP contribution in [0.1, 0.15) is 12.7 Å². The third-order valence-corrected chi connectivity index (χ3v) is 4.01. The number of fused-ring (bicyclic) bond motifs is 2. The number of aryl methyl sites for hydroxylation is 1. The summed E-state index contributed by atoms with van der Waals surface area (Å²) in [6.07, 6.45) is 0.719. The maximum Gasteiger partial charge on any atom is 0.258 e. The van der Waals surface area contributed by atoms with Crippen LogP contribution in [0, 0.1) is 0 Å². The van der Waals surface area contributed by atoms with Crippen LogP contribution in [-0.4, -0.2) is 52.3 Å². The average Bonchev–Trinajstić information content (AvgIpc) is 3.35. The first kappa shape index (κ1) is 17.8. The van der Waals surface area contributed by atoms with Crippen LogP contribution in [0.3, 0.4) is 0 Å². The lowest BCUT2D eigenvalue weighted by atomic mass is 10.3. The molecule has 0 saturated carbocycles. The molecular formula is C18H19N5O5. The fourth-order valence-electron chi connectivity index (χ4n) is 2.63. The summed E-state index contributed by atoms with van der Waals surface area (Å²) < 4.78 is 23.2. The highest BCUT2D eigenvalue weighted by molar-refractivity contribution is 5.77. The molecule has 1 aliphatic heterocycles. The highest BCUT2D eigenvalue weighted by Crippen LogP contribution is 2.34. The largest absolute Gasteiger partial charge is 0.484 e. The second-order valence-electron chi connectivity index (χ2n) is 5.91. The van der Waals surface area contributed by atoms with E-state index in [0.29, 0.717) is 35.3 Å². The van der Waals surface area contributed by atoms with Crippen molar-refractivity contribution in [2.45, 2.75) is 13.3 Å². The molecule has 1 amide bonds. The first-order valence-electron chi connectivity index (χ1n) is 8.86. The molecule has 0 fully saturated rings. The van der Waals surface area contributed by atoms with Crippen molar-refractivity contribution < 1.29 is 23.7 Å². The van der Waals surface area contributed by atoms with Gasteiger partial charge in [0.1, 0.15) is 12.4 Å². The Kier molecular flexibility index (Phi) is 5.09. The molecule has 28 heavy (non-hydrogen) atoms. The summed E-state index contributed by atoms with van der Waals surface area (Å²) in [6, 6.07) is 8.66. The Morgan fingerprint density at radius 2 is 2.07 bits per heavy atom. The molecule has 0 bridgehead atoms. The van der Waals surface area contributed by atoms with E-state index in [1.165, 1.54) is 0 Å². The van der Waals surface area contributed by atoms with Gasteiger partial charge in [-0.3, -0.25) is 4.79 Å². The van der Waals surface area contributed by atoms with E-state index in [-0.39, 0.29) is 25.9 Å². The molecule has 0 unspecified atom stereocenters. The van der Waals surface area contributed by atoms with Crippen molar-refractivity contribution in [3.63, 3.8) is 0 Å². The van der Waals surface area contributed by atoms with Crippen LogP contribution in [0.25, 0.3) is 5.65 Å². The summed E-state index contributed by atoms with van der Waals surface area (Å²) in [5, 5.41) is 15.1. The number of nitrogens with zero attached hydrogens (tertiary/aromatic N) is 4. The van der Waals surface area contributed by atoms with Crippen molar-refractivity contribution in [2.24, 2.45) is 0 Å². The van der Waals surface area contributed by atoms with Crippen LogP contribution in [0.2, 0.25) is 0 Å². The molecule has 0 spiro atoms. The van der Waals surface area contributed by atoms with E-state index in [4.69, 9.17) is 18.9 Å². The molecule has 0 saturated heterocycles. The third-order valence-electron chi connectivity index (χ3n) is 4.01. The van der Waals surface area contributed by atoms with E-state index in [2.05, 4.69) is 20.6 Å². The minimum atomic E-state index is -0.253. The number of nitrogens with one attached hydrogen (secondary N) is 1. The minimum absolute atomic E-state index is 0.107. The van der Waals surface area contributed by atoms with E-state index < -0.39 is 0 Å². The molecule has 0 aliphatic carbocycles. The molecule has 3 heterocycles. The van der Waals surface area contributed by atoms with Crippen LogP contribution < -0.4 is 24.3 Å². The van der Waals surface area contributed by atoms with Crippen molar-refractivity contribution in [3.05, 3.63) is 36.2 Å². The summed E-state index contributed by atoms with van der Waals surface area (Å²) in [6.45, 7) is 2.67. The highest BCUT2D eigenvalue weighted by Gasteiger charge is 2.14. The van der Waals surface area contributed by atoms with Crippen LogP contribution in [0.15, 0.2) is 30.3 Å². The van der Waals surface area contributed by atoms with Crippen LogP contribution in [0.5, 0.6) is 23.1 Å². The van der Waals surface area contributed by atoms with E-state index in [1.54, 1.807) is 34.8 Å². The van der Waals surface area contributed by atoms with Gasteiger partial charge in [-0.2, -0.15) is 4.52 Å². The first-order chi connectivity index (χ1) is 13.7. The molecule has 0 radical (unpaired) electrons. The van der Waals surface area contributed by atoms with Crippen molar-refractivity contribution in [3.8, 4) is 23.1 Å². The summed E-state index contributed by atoms with van der Waals surface area (Å²) in [5.41, 5.74) is 0.665. The van der Waals surface area contributed by atoms with E-state index in [0.717, 1.165) is 12.2 Å². The van der Waals surface area contributed by atoms with Gasteiger partial charge in [0.15, 0.2) is 29.6 Å². The number of carbonyl (C=O) groups is 1. The van der Waals surface area contributed by atoms with Gasteiger partial charge in [0, 0.05) is 18.6 Å². The van der Waals surface area contributed by atoms with Crippen molar-refractivity contribution in [2.75, 3.05) is 26.6 Å². The molecule has 4 rings (SSSR count). The van der Waals surface area contributed by atoms with E-state index in [9.17, 15) is 4.79 Å². The van der Waals surface area contributed by atoms with Gasteiger partial charge in [-0.25, -0.2) is 0 Å². The molecular weight excluding hydrogens is 366 g/mol. The van der Waals surface area contributed by atoms with Gasteiger partial charge >= 0.3 is 0 Å². The molecule has 0 atom stereocenters. The normalized spacial score (nSPS) is 12.2. The lowest BCUT2D eigenvalue weighted by Gasteiger charge is -2.09. The number of aromatic nitrogens is 4. The minimum Gasteiger partial charge on any atom is -0.484 e. The zero-order chi connectivity index (χ0) is 19.3. The van der Waals surface area contributed by atoms with Crippen molar-refractivity contribution in [1.29, 1.82) is 0 Å². The smallest absolute Gasteiger partial charge is 0.258 e. The van der Waals surface area contributed by atoms with E-state index in [1.807, 2.05) is 6.92 Å². The molecule has 1 aliphatic rings. The van der Waals surface area contributed by atoms with Gasteiger partial charge in [0.05, 0.1) is 6.54 Å².